The van der Waals surface area contributed by atoms with Gasteiger partial charge in [-0.15, -0.1) is 0 Å². The summed E-state index contributed by atoms with van der Waals surface area (Å²) in [6, 6.07) is 3.04. The average Bonchev–Trinajstić information content (AvgIpc) is 2.78. The number of β-amino-alcohol motifs (C(OH)–C–C–N with tert-alkyl or cyclic N) is 1. The molecule has 112 valence electrons. The molecule has 1 N–H and O–H groups in total. The zero-order valence-corrected chi connectivity index (χ0v) is 11.9. The molecule has 0 aromatic carbocycles. The highest BCUT2D eigenvalue weighted by molar-refractivity contribution is 5.17. The van der Waals surface area contributed by atoms with Gasteiger partial charge >= 0.3 is 5.88 Å². The first kappa shape index (κ1) is 15.0. The lowest BCUT2D eigenvalue weighted by Crippen LogP contribution is -2.50. The Morgan fingerprint density at radius 3 is 2.40 bits per heavy atom. The van der Waals surface area contributed by atoms with Crippen molar-refractivity contribution in [1.29, 1.82) is 0 Å². The molecule has 7 nitrogen and oxygen atoms in total. The third-order valence-corrected chi connectivity index (χ3v) is 3.28. The smallest absolute Gasteiger partial charge is 0.404 e. The van der Waals surface area contributed by atoms with Gasteiger partial charge in [-0.05, 0) is 19.9 Å². The van der Waals surface area contributed by atoms with Crippen LogP contribution in [-0.4, -0.2) is 58.2 Å². The number of rotatable bonds is 5. The number of nitro groups is 1. The molecule has 7 heteroatoms. The van der Waals surface area contributed by atoms with Crippen molar-refractivity contribution in [2.24, 2.45) is 0 Å². The Bertz CT molecular complexity index is 458. The van der Waals surface area contributed by atoms with Gasteiger partial charge in [0, 0.05) is 32.7 Å². The van der Waals surface area contributed by atoms with Gasteiger partial charge in [0.15, 0.2) is 0 Å². The summed E-state index contributed by atoms with van der Waals surface area (Å²) in [5.41, 5.74) is -0.677. The second-order valence-corrected chi connectivity index (χ2v) is 5.86. The van der Waals surface area contributed by atoms with Gasteiger partial charge in [0.05, 0.1) is 18.2 Å². The number of aliphatic hydroxyl groups is 1. The summed E-state index contributed by atoms with van der Waals surface area (Å²) in [7, 11) is 0. The van der Waals surface area contributed by atoms with Crippen molar-refractivity contribution in [3.8, 4) is 0 Å². The quantitative estimate of drug-likeness (QED) is 0.643. The highest BCUT2D eigenvalue weighted by atomic mass is 16.6. The van der Waals surface area contributed by atoms with Crippen LogP contribution < -0.4 is 0 Å². The molecular weight excluding hydrogens is 262 g/mol. The predicted molar refractivity (Wildman–Crippen MR) is 73.4 cm³/mol. The fourth-order valence-electron chi connectivity index (χ4n) is 2.42. The SMILES string of the molecule is CC(C)(O)CN1CCN(Cc2ccc([N+](=O)[O-])o2)CC1. The first-order valence-corrected chi connectivity index (χ1v) is 6.74. The van der Waals surface area contributed by atoms with Crippen molar-refractivity contribution < 1.29 is 14.4 Å². The third-order valence-electron chi connectivity index (χ3n) is 3.28. The summed E-state index contributed by atoms with van der Waals surface area (Å²) >= 11 is 0. The molecule has 0 radical (unpaired) electrons. The van der Waals surface area contributed by atoms with Gasteiger partial charge in [0.2, 0.25) is 0 Å². The van der Waals surface area contributed by atoms with Crippen molar-refractivity contribution in [2.75, 3.05) is 32.7 Å². The van der Waals surface area contributed by atoms with Crippen LogP contribution in [0.5, 0.6) is 0 Å². The molecule has 2 rings (SSSR count). The zero-order valence-electron chi connectivity index (χ0n) is 11.9. The van der Waals surface area contributed by atoms with Crippen LogP contribution in [0.2, 0.25) is 0 Å². The van der Waals surface area contributed by atoms with Crippen molar-refractivity contribution in [3.63, 3.8) is 0 Å². The monoisotopic (exact) mass is 283 g/mol. The minimum absolute atomic E-state index is 0.208. The minimum Gasteiger partial charge on any atom is -0.404 e. The number of piperazine rings is 1. The Hall–Kier alpha value is -1.44. The molecule has 0 unspecified atom stereocenters. The van der Waals surface area contributed by atoms with E-state index in [1.54, 1.807) is 19.9 Å². The lowest BCUT2D eigenvalue weighted by Gasteiger charge is -2.36. The Labute approximate surface area is 117 Å². The van der Waals surface area contributed by atoms with Crippen LogP contribution >= 0.6 is 0 Å². The summed E-state index contributed by atoms with van der Waals surface area (Å²) in [6.07, 6.45) is 0. The van der Waals surface area contributed by atoms with Gasteiger partial charge in [0.25, 0.3) is 0 Å². The summed E-state index contributed by atoms with van der Waals surface area (Å²) < 4.78 is 5.16. The lowest BCUT2D eigenvalue weighted by atomic mass is 10.1. The molecule has 0 spiro atoms. The molecule has 0 bridgehead atoms. The molecule has 1 fully saturated rings. The maximum atomic E-state index is 10.6. The van der Waals surface area contributed by atoms with Crippen LogP contribution in [-0.2, 0) is 6.54 Å². The van der Waals surface area contributed by atoms with E-state index in [0.717, 1.165) is 26.2 Å². The third kappa shape index (κ3) is 4.29. The molecular formula is C13H21N3O4. The molecule has 20 heavy (non-hydrogen) atoms. The van der Waals surface area contributed by atoms with E-state index in [1.807, 2.05) is 0 Å². The van der Waals surface area contributed by atoms with Crippen molar-refractivity contribution >= 4 is 5.88 Å². The van der Waals surface area contributed by atoms with E-state index in [0.29, 0.717) is 18.8 Å². The Morgan fingerprint density at radius 2 is 1.90 bits per heavy atom. The first-order valence-electron chi connectivity index (χ1n) is 6.74. The summed E-state index contributed by atoms with van der Waals surface area (Å²) in [4.78, 5) is 14.4. The topological polar surface area (TPSA) is 83.0 Å². The van der Waals surface area contributed by atoms with Crippen LogP contribution in [0.15, 0.2) is 16.5 Å². The van der Waals surface area contributed by atoms with Crippen LogP contribution in [0.1, 0.15) is 19.6 Å². The molecule has 0 saturated carbocycles. The van der Waals surface area contributed by atoms with Crippen molar-refractivity contribution in [3.05, 3.63) is 28.0 Å². The summed E-state index contributed by atoms with van der Waals surface area (Å²) in [5, 5.41) is 20.3. The minimum atomic E-state index is -0.677. The Balaban J connectivity index is 1.80. The number of nitrogens with zero attached hydrogens (tertiary/aromatic N) is 3. The van der Waals surface area contributed by atoms with Gasteiger partial charge in [-0.2, -0.15) is 0 Å². The highest BCUT2D eigenvalue weighted by Crippen LogP contribution is 2.18. The van der Waals surface area contributed by atoms with E-state index in [9.17, 15) is 15.2 Å². The molecule has 0 amide bonds. The molecule has 2 heterocycles. The number of furan rings is 1. The number of hydrogen-bond donors (Lipinski definition) is 1. The first-order chi connectivity index (χ1) is 9.33. The normalized spacial score (nSPS) is 18.4. The standard InChI is InChI=1S/C13H21N3O4/c1-13(2,17)10-15-7-5-14(6-8-15)9-11-3-4-12(20-11)16(18)19/h3-4,17H,5-10H2,1-2H3. The van der Waals surface area contributed by atoms with Gasteiger partial charge < -0.3 is 9.52 Å². The summed E-state index contributed by atoms with van der Waals surface area (Å²) in [6.45, 7) is 8.36. The fourth-order valence-corrected chi connectivity index (χ4v) is 2.42. The van der Waals surface area contributed by atoms with E-state index >= 15 is 0 Å². The Morgan fingerprint density at radius 1 is 1.30 bits per heavy atom. The van der Waals surface area contributed by atoms with Crippen molar-refractivity contribution in [2.45, 2.75) is 26.0 Å². The molecule has 1 aliphatic heterocycles. The predicted octanol–water partition coefficient (Wildman–Crippen LogP) is 1.08. The second-order valence-electron chi connectivity index (χ2n) is 5.86. The largest absolute Gasteiger partial charge is 0.433 e. The van der Waals surface area contributed by atoms with Crippen LogP contribution in [0.25, 0.3) is 0 Å². The average molecular weight is 283 g/mol. The van der Waals surface area contributed by atoms with Crippen LogP contribution in [0, 0.1) is 10.1 Å². The van der Waals surface area contributed by atoms with Gasteiger partial charge in [0.1, 0.15) is 10.7 Å². The van der Waals surface area contributed by atoms with Gasteiger partial charge in [-0.3, -0.25) is 19.9 Å². The van der Waals surface area contributed by atoms with Gasteiger partial charge in [-0.25, -0.2) is 0 Å². The van der Waals surface area contributed by atoms with E-state index in [4.69, 9.17) is 4.42 Å². The van der Waals surface area contributed by atoms with Crippen LogP contribution in [0.4, 0.5) is 5.88 Å². The van der Waals surface area contributed by atoms with E-state index in [1.165, 1.54) is 6.07 Å². The summed E-state index contributed by atoms with van der Waals surface area (Å²) in [5.74, 6) is 0.410. The van der Waals surface area contributed by atoms with E-state index < -0.39 is 10.5 Å². The van der Waals surface area contributed by atoms with E-state index in [-0.39, 0.29) is 5.88 Å². The second kappa shape index (κ2) is 5.90. The molecule has 1 saturated heterocycles. The van der Waals surface area contributed by atoms with Crippen LogP contribution in [0.3, 0.4) is 0 Å². The van der Waals surface area contributed by atoms with Crippen molar-refractivity contribution in [1.82, 2.24) is 9.80 Å². The van der Waals surface area contributed by atoms with Gasteiger partial charge in [-0.1, -0.05) is 0 Å². The molecule has 0 aliphatic carbocycles. The number of hydrogen-bond acceptors (Lipinski definition) is 6. The highest BCUT2D eigenvalue weighted by Gasteiger charge is 2.23. The molecule has 0 atom stereocenters. The zero-order chi connectivity index (χ0) is 14.8. The molecule has 1 aromatic heterocycles. The fraction of sp³-hybridized carbons (Fsp3) is 0.692. The molecule has 1 aromatic rings. The molecule has 1 aliphatic rings. The maximum Gasteiger partial charge on any atom is 0.433 e. The lowest BCUT2D eigenvalue weighted by molar-refractivity contribution is -0.402. The Kier molecular flexibility index (Phi) is 4.42. The maximum absolute atomic E-state index is 10.6. The van der Waals surface area contributed by atoms with E-state index in [2.05, 4.69) is 9.80 Å².